The number of anilines is 1. The van der Waals surface area contributed by atoms with Crippen LogP contribution in [0.5, 0.6) is 5.75 Å². The molecule has 1 unspecified atom stereocenters. The van der Waals surface area contributed by atoms with Crippen molar-refractivity contribution in [3.05, 3.63) is 23.8 Å². The van der Waals surface area contributed by atoms with Gasteiger partial charge in [0, 0.05) is 18.5 Å². The number of amides is 1. The van der Waals surface area contributed by atoms with Gasteiger partial charge < -0.3 is 20.7 Å². The highest BCUT2D eigenvalue weighted by Gasteiger charge is 2.27. The van der Waals surface area contributed by atoms with E-state index in [0.29, 0.717) is 29.6 Å². The molecule has 2 atom stereocenters. The number of likely N-dealkylation sites (N-methyl/N-ethyl adjacent to an activating group) is 1. The zero-order valence-corrected chi connectivity index (χ0v) is 12.2. The molecule has 0 radical (unpaired) electrons. The molecule has 110 valence electrons. The Morgan fingerprint density at radius 3 is 3.05 bits per heavy atom. The summed E-state index contributed by atoms with van der Waals surface area (Å²) in [5.74, 6) is 0.444. The molecule has 5 nitrogen and oxygen atoms in total. The van der Waals surface area contributed by atoms with Crippen LogP contribution in [0.15, 0.2) is 18.2 Å². The number of carbonyl (C=O) groups is 1. The minimum absolute atomic E-state index is 0.114. The number of likely N-dealkylation sites (tertiary alicyclic amines) is 1. The fraction of sp³-hybridized carbons (Fsp3) is 0.533. The molecule has 1 aliphatic rings. The quantitative estimate of drug-likeness (QED) is 0.668. The van der Waals surface area contributed by atoms with Crippen LogP contribution in [0.3, 0.4) is 0 Å². The van der Waals surface area contributed by atoms with E-state index in [-0.39, 0.29) is 5.91 Å². The third-order valence-electron chi connectivity index (χ3n) is 4.06. The van der Waals surface area contributed by atoms with Crippen molar-refractivity contribution < 1.29 is 14.4 Å². The number of nitrogens with two attached hydrogens (primary N) is 1. The lowest BCUT2D eigenvalue weighted by atomic mass is 10.1. The van der Waals surface area contributed by atoms with Gasteiger partial charge in [-0.05, 0) is 25.1 Å². The van der Waals surface area contributed by atoms with E-state index in [4.69, 9.17) is 10.5 Å². The van der Waals surface area contributed by atoms with Crippen LogP contribution >= 0.6 is 0 Å². The molecule has 2 rings (SSSR count). The Balaban J connectivity index is 2.00. The summed E-state index contributed by atoms with van der Waals surface area (Å²) in [6.07, 6.45) is 2.42. The largest absolute Gasteiger partial charge is 0.496 e. The van der Waals surface area contributed by atoms with Crippen molar-refractivity contribution in [2.75, 3.05) is 32.5 Å². The van der Waals surface area contributed by atoms with Gasteiger partial charge in [-0.15, -0.1) is 0 Å². The second kappa shape index (κ2) is 6.61. The lowest BCUT2D eigenvalue weighted by Crippen LogP contribution is -3.14. The van der Waals surface area contributed by atoms with Crippen LogP contribution in [0.2, 0.25) is 0 Å². The maximum atomic E-state index is 12.3. The summed E-state index contributed by atoms with van der Waals surface area (Å²) >= 11 is 0. The second-order valence-corrected chi connectivity index (χ2v) is 5.27. The van der Waals surface area contributed by atoms with Crippen LogP contribution in [0, 0.1) is 0 Å². The molecule has 1 aromatic rings. The molecule has 0 saturated carbocycles. The van der Waals surface area contributed by atoms with Crippen LogP contribution in [-0.4, -0.2) is 38.7 Å². The minimum Gasteiger partial charge on any atom is -0.496 e. The number of nitrogen functional groups attached to an aromatic ring is 1. The molecule has 1 saturated heterocycles. The van der Waals surface area contributed by atoms with E-state index in [9.17, 15) is 4.79 Å². The van der Waals surface area contributed by atoms with Gasteiger partial charge in [-0.25, -0.2) is 0 Å². The SMILES string of the molecule is CC[NH+]1CCC[C@H]1CNC(=O)c1cc(N)ccc1OC. The van der Waals surface area contributed by atoms with Gasteiger partial charge in [-0.3, -0.25) is 4.79 Å². The smallest absolute Gasteiger partial charge is 0.255 e. The first kappa shape index (κ1) is 14.7. The van der Waals surface area contributed by atoms with Crippen molar-refractivity contribution in [1.29, 1.82) is 0 Å². The van der Waals surface area contributed by atoms with Crippen molar-refractivity contribution in [2.45, 2.75) is 25.8 Å². The van der Waals surface area contributed by atoms with Gasteiger partial charge in [-0.2, -0.15) is 0 Å². The first-order valence-corrected chi connectivity index (χ1v) is 7.22. The predicted octanol–water partition coefficient (Wildman–Crippen LogP) is 0.0744. The minimum atomic E-state index is -0.114. The third-order valence-corrected chi connectivity index (χ3v) is 4.06. The normalized spacial score (nSPS) is 21.7. The van der Waals surface area contributed by atoms with E-state index < -0.39 is 0 Å². The highest BCUT2D eigenvalue weighted by molar-refractivity contribution is 5.97. The zero-order valence-electron chi connectivity index (χ0n) is 12.2. The van der Waals surface area contributed by atoms with E-state index in [1.165, 1.54) is 19.4 Å². The van der Waals surface area contributed by atoms with Crippen molar-refractivity contribution in [3.63, 3.8) is 0 Å². The van der Waals surface area contributed by atoms with E-state index in [2.05, 4.69) is 12.2 Å². The van der Waals surface area contributed by atoms with Gasteiger partial charge >= 0.3 is 0 Å². The van der Waals surface area contributed by atoms with Crippen molar-refractivity contribution in [1.82, 2.24) is 5.32 Å². The Bertz CT molecular complexity index is 476. The Kier molecular flexibility index (Phi) is 4.84. The van der Waals surface area contributed by atoms with E-state index in [1.807, 2.05) is 0 Å². The summed E-state index contributed by atoms with van der Waals surface area (Å²) in [7, 11) is 1.56. The summed E-state index contributed by atoms with van der Waals surface area (Å²) in [4.78, 5) is 13.8. The van der Waals surface area contributed by atoms with Crippen molar-refractivity contribution in [3.8, 4) is 5.75 Å². The molecule has 0 bridgehead atoms. The number of hydrogen-bond donors (Lipinski definition) is 3. The third kappa shape index (κ3) is 3.22. The number of benzene rings is 1. The van der Waals surface area contributed by atoms with Crippen LogP contribution in [0.1, 0.15) is 30.1 Å². The lowest BCUT2D eigenvalue weighted by molar-refractivity contribution is -0.909. The number of quaternary nitrogens is 1. The Morgan fingerprint density at radius 2 is 2.35 bits per heavy atom. The standard InChI is InChI=1S/C15H23N3O2/c1-3-18-8-4-5-12(18)10-17-15(19)13-9-11(16)6-7-14(13)20-2/h6-7,9,12H,3-5,8,10,16H2,1-2H3,(H,17,19)/p+1/t12-/m0/s1. The Labute approximate surface area is 120 Å². The zero-order chi connectivity index (χ0) is 14.5. The number of methoxy groups -OCH3 is 1. The molecule has 20 heavy (non-hydrogen) atoms. The Hall–Kier alpha value is -1.75. The van der Waals surface area contributed by atoms with Gasteiger partial charge in [0.25, 0.3) is 5.91 Å². The Morgan fingerprint density at radius 1 is 1.55 bits per heavy atom. The molecule has 1 heterocycles. The number of ether oxygens (including phenoxy) is 1. The average Bonchev–Trinajstić information content (AvgIpc) is 2.92. The summed E-state index contributed by atoms with van der Waals surface area (Å²) in [5, 5.41) is 3.01. The molecule has 1 aromatic carbocycles. The summed E-state index contributed by atoms with van der Waals surface area (Å²) in [6.45, 7) is 5.22. The van der Waals surface area contributed by atoms with Crippen molar-refractivity contribution in [2.24, 2.45) is 0 Å². The first-order chi connectivity index (χ1) is 9.65. The van der Waals surface area contributed by atoms with E-state index >= 15 is 0 Å². The van der Waals surface area contributed by atoms with Crippen LogP contribution < -0.4 is 20.7 Å². The number of carbonyl (C=O) groups excluding carboxylic acids is 1. The average molecular weight is 278 g/mol. The maximum Gasteiger partial charge on any atom is 0.255 e. The molecule has 5 heteroatoms. The molecule has 1 aliphatic heterocycles. The highest BCUT2D eigenvalue weighted by atomic mass is 16.5. The van der Waals surface area contributed by atoms with E-state index in [1.54, 1.807) is 30.2 Å². The van der Waals surface area contributed by atoms with Crippen LogP contribution in [0.25, 0.3) is 0 Å². The number of nitrogens with one attached hydrogen (secondary N) is 2. The fourth-order valence-corrected chi connectivity index (χ4v) is 2.91. The van der Waals surface area contributed by atoms with Gasteiger partial charge in [0.2, 0.25) is 0 Å². The maximum absolute atomic E-state index is 12.3. The molecule has 0 aromatic heterocycles. The summed E-state index contributed by atoms with van der Waals surface area (Å²) in [5.41, 5.74) is 6.81. The van der Waals surface area contributed by atoms with E-state index in [0.717, 1.165) is 6.54 Å². The monoisotopic (exact) mass is 278 g/mol. The van der Waals surface area contributed by atoms with Gasteiger partial charge in [0.15, 0.2) is 0 Å². The summed E-state index contributed by atoms with van der Waals surface area (Å²) in [6, 6.07) is 5.64. The molecule has 0 spiro atoms. The first-order valence-electron chi connectivity index (χ1n) is 7.22. The molecular formula is C15H24N3O2+. The van der Waals surface area contributed by atoms with Crippen LogP contribution in [0.4, 0.5) is 5.69 Å². The van der Waals surface area contributed by atoms with Gasteiger partial charge in [0.1, 0.15) is 11.8 Å². The molecule has 4 N–H and O–H groups in total. The topological polar surface area (TPSA) is 68.8 Å². The molecular weight excluding hydrogens is 254 g/mol. The van der Waals surface area contributed by atoms with Crippen molar-refractivity contribution >= 4 is 11.6 Å². The summed E-state index contributed by atoms with van der Waals surface area (Å²) < 4.78 is 5.21. The molecule has 0 aliphatic carbocycles. The number of rotatable bonds is 5. The van der Waals surface area contributed by atoms with Gasteiger partial charge in [0.05, 0.1) is 32.3 Å². The fourth-order valence-electron chi connectivity index (χ4n) is 2.91. The lowest BCUT2D eigenvalue weighted by Gasteiger charge is -2.20. The van der Waals surface area contributed by atoms with Crippen LogP contribution in [-0.2, 0) is 0 Å². The highest BCUT2D eigenvalue weighted by Crippen LogP contribution is 2.20. The second-order valence-electron chi connectivity index (χ2n) is 5.27. The number of hydrogen-bond acceptors (Lipinski definition) is 3. The molecule has 1 fully saturated rings. The van der Waals surface area contributed by atoms with Gasteiger partial charge in [-0.1, -0.05) is 0 Å². The predicted molar refractivity (Wildman–Crippen MR) is 79.1 cm³/mol. The molecule has 1 amide bonds.